The molecular formula is C24H24N2O5. The van der Waals surface area contributed by atoms with E-state index >= 15 is 0 Å². The first-order valence-electron chi connectivity index (χ1n) is 10.4. The van der Waals surface area contributed by atoms with Gasteiger partial charge in [0.2, 0.25) is 0 Å². The number of phenolic OH excluding ortho intramolecular Hbond substituents is 1. The molecule has 7 nitrogen and oxygen atoms in total. The molecular weight excluding hydrogens is 396 g/mol. The Kier molecular flexibility index (Phi) is 4.61. The zero-order chi connectivity index (χ0) is 21.7. The van der Waals surface area contributed by atoms with Gasteiger partial charge in [0.15, 0.2) is 0 Å². The van der Waals surface area contributed by atoms with Crippen molar-refractivity contribution >= 4 is 16.7 Å². The van der Waals surface area contributed by atoms with Gasteiger partial charge in [0, 0.05) is 23.6 Å². The van der Waals surface area contributed by atoms with E-state index in [0.717, 1.165) is 35.2 Å². The predicted molar refractivity (Wildman–Crippen MR) is 117 cm³/mol. The molecule has 7 heteroatoms. The van der Waals surface area contributed by atoms with E-state index in [1.54, 1.807) is 14.2 Å². The highest BCUT2D eigenvalue weighted by Gasteiger charge is 2.29. The zero-order valence-electron chi connectivity index (χ0n) is 17.7. The summed E-state index contributed by atoms with van der Waals surface area (Å²) in [7, 11) is 3.24. The van der Waals surface area contributed by atoms with E-state index in [1.165, 1.54) is 0 Å². The lowest BCUT2D eigenvalue weighted by atomic mass is 9.92. The Morgan fingerprint density at radius 3 is 2.52 bits per heavy atom. The number of aryl methyl sites for hydroxylation is 2. The third-order valence-electron chi connectivity index (χ3n) is 6.25. The highest BCUT2D eigenvalue weighted by atomic mass is 16.5. The number of hydrogen-bond donors (Lipinski definition) is 2. The molecule has 160 valence electrons. The summed E-state index contributed by atoms with van der Waals surface area (Å²) < 4.78 is 16.3. The van der Waals surface area contributed by atoms with Crippen LogP contribution in [0.25, 0.3) is 11.0 Å². The van der Waals surface area contributed by atoms with E-state index in [-0.39, 0.29) is 17.4 Å². The molecule has 0 unspecified atom stereocenters. The van der Waals surface area contributed by atoms with Crippen LogP contribution in [-0.4, -0.2) is 25.0 Å². The fourth-order valence-electron chi connectivity index (χ4n) is 4.73. The smallest absolute Gasteiger partial charge is 0.339 e. The number of benzene rings is 2. The van der Waals surface area contributed by atoms with Gasteiger partial charge in [-0.25, -0.2) is 4.79 Å². The third-order valence-corrected chi connectivity index (χ3v) is 6.25. The minimum Gasteiger partial charge on any atom is -0.506 e. The van der Waals surface area contributed by atoms with E-state index in [4.69, 9.17) is 13.9 Å². The lowest BCUT2D eigenvalue weighted by molar-refractivity contribution is 0.392. The molecule has 31 heavy (non-hydrogen) atoms. The molecule has 1 aliphatic carbocycles. The number of nitrogens with zero attached hydrogens (tertiary/aromatic N) is 1. The highest BCUT2D eigenvalue weighted by molar-refractivity contribution is 6.09. The van der Waals surface area contributed by atoms with Crippen molar-refractivity contribution in [3.8, 4) is 17.2 Å². The van der Waals surface area contributed by atoms with Crippen LogP contribution in [0.15, 0.2) is 38.6 Å². The number of rotatable bonds is 4. The quantitative estimate of drug-likeness (QED) is 0.625. The topological polar surface area (TPSA) is 93.3 Å². The molecule has 2 aliphatic rings. The minimum absolute atomic E-state index is 0.0760. The van der Waals surface area contributed by atoms with Gasteiger partial charge in [-0.05, 0) is 61.1 Å². The number of hydrazone groups is 1. The first-order chi connectivity index (χ1) is 15.0. The van der Waals surface area contributed by atoms with E-state index in [9.17, 15) is 9.90 Å². The number of ether oxygens (including phenoxy) is 2. The van der Waals surface area contributed by atoms with Crippen LogP contribution in [0.1, 0.15) is 46.7 Å². The molecule has 1 aromatic heterocycles. The average Bonchev–Trinajstić information content (AvgIpc) is 3.43. The number of fused-ring (bicyclic) bond motifs is 3. The SMILES string of the molecule is COc1cc(OC)cc([C@@H]2CC(c3c(C)cc4oc(=O)c5c(c4c3O)CCC5)=NN2)c1. The lowest BCUT2D eigenvalue weighted by Gasteiger charge is -2.15. The molecule has 2 heterocycles. The van der Waals surface area contributed by atoms with Crippen LogP contribution < -0.4 is 20.5 Å². The minimum atomic E-state index is -0.293. The molecule has 0 saturated heterocycles. The first-order valence-corrected chi connectivity index (χ1v) is 10.4. The van der Waals surface area contributed by atoms with Crippen LogP contribution in [0, 0.1) is 6.92 Å². The molecule has 1 aliphatic heterocycles. The molecule has 2 N–H and O–H groups in total. The fourth-order valence-corrected chi connectivity index (χ4v) is 4.73. The largest absolute Gasteiger partial charge is 0.506 e. The molecule has 0 fully saturated rings. The summed E-state index contributed by atoms with van der Waals surface area (Å²) in [6.07, 6.45) is 2.95. The number of phenols is 1. The summed E-state index contributed by atoms with van der Waals surface area (Å²) in [6.45, 7) is 1.89. The molecule has 0 bridgehead atoms. The van der Waals surface area contributed by atoms with Crippen molar-refractivity contribution in [2.24, 2.45) is 5.10 Å². The highest BCUT2D eigenvalue weighted by Crippen LogP contribution is 2.40. The van der Waals surface area contributed by atoms with Crippen molar-refractivity contribution in [2.75, 3.05) is 14.2 Å². The molecule has 2 aromatic carbocycles. The maximum atomic E-state index is 12.3. The second kappa shape index (κ2) is 7.34. The van der Waals surface area contributed by atoms with Crippen molar-refractivity contribution in [3.05, 3.63) is 62.5 Å². The molecule has 0 spiro atoms. The van der Waals surface area contributed by atoms with Gasteiger partial charge in [-0.3, -0.25) is 0 Å². The Bertz CT molecular complexity index is 1270. The van der Waals surface area contributed by atoms with E-state index in [1.807, 2.05) is 31.2 Å². The number of nitrogens with one attached hydrogen (secondary N) is 1. The number of aromatic hydroxyl groups is 1. The molecule has 3 aromatic rings. The van der Waals surface area contributed by atoms with Crippen LogP contribution in [0.3, 0.4) is 0 Å². The summed E-state index contributed by atoms with van der Waals surface area (Å²) in [5, 5.41) is 16.4. The van der Waals surface area contributed by atoms with Crippen molar-refractivity contribution < 1.29 is 19.0 Å². The maximum absolute atomic E-state index is 12.3. The van der Waals surface area contributed by atoms with E-state index < -0.39 is 0 Å². The summed E-state index contributed by atoms with van der Waals surface area (Å²) in [6, 6.07) is 7.48. The zero-order valence-corrected chi connectivity index (χ0v) is 17.7. The second-order valence-corrected chi connectivity index (χ2v) is 8.08. The molecule has 5 rings (SSSR count). The molecule has 0 radical (unpaired) electrons. The van der Waals surface area contributed by atoms with Gasteiger partial charge in [-0.1, -0.05) is 0 Å². The van der Waals surface area contributed by atoms with Gasteiger partial charge >= 0.3 is 5.63 Å². The van der Waals surface area contributed by atoms with E-state index in [0.29, 0.717) is 46.4 Å². The summed E-state index contributed by atoms with van der Waals surface area (Å²) >= 11 is 0. The maximum Gasteiger partial charge on any atom is 0.339 e. The van der Waals surface area contributed by atoms with Crippen LogP contribution in [0.4, 0.5) is 0 Å². The van der Waals surface area contributed by atoms with Crippen molar-refractivity contribution in [1.82, 2.24) is 5.43 Å². The summed E-state index contributed by atoms with van der Waals surface area (Å²) in [4.78, 5) is 12.3. The Balaban J connectivity index is 1.56. The standard InChI is InChI=1S/C24H24N2O5/c1-12-7-20-22(16-5-4-6-17(16)24(28)31-20)23(27)21(12)19-11-18(25-26-19)13-8-14(29-2)10-15(9-13)30-3/h7-10,18,25,27H,4-6,11H2,1-3H3/t18-/m0/s1. The van der Waals surface area contributed by atoms with Gasteiger partial charge in [0.05, 0.1) is 31.4 Å². The van der Waals surface area contributed by atoms with Crippen LogP contribution in [0.2, 0.25) is 0 Å². The van der Waals surface area contributed by atoms with Gasteiger partial charge < -0.3 is 24.4 Å². The molecule has 0 saturated carbocycles. The fraction of sp³-hybridized carbons (Fsp3) is 0.333. The Labute approximate surface area is 179 Å². The Morgan fingerprint density at radius 1 is 1.10 bits per heavy atom. The Morgan fingerprint density at radius 2 is 1.81 bits per heavy atom. The van der Waals surface area contributed by atoms with Crippen molar-refractivity contribution in [1.29, 1.82) is 0 Å². The van der Waals surface area contributed by atoms with Gasteiger partial charge in [-0.2, -0.15) is 5.10 Å². The van der Waals surface area contributed by atoms with Crippen LogP contribution in [-0.2, 0) is 12.8 Å². The molecule has 0 amide bonds. The van der Waals surface area contributed by atoms with Gasteiger partial charge in [0.25, 0.3) is 0 Å². The van der Waals surface area contributed by atoms with Crippen LogP contribution >= 0.6 is 0 Å². The van der Waals surface area contributed by atoms with Crippen LogP contribution in [0.5, 0.6) is 17.2 Å². The second-order valence-electron chi connectivity index (χ2n) is 8.08. The van der Waals surface area contributed by atoms with Crippen molar-refractivity contribution in [3.63, 3.8) is 0 Å². The van der Waals surface area contributed by atoms with Crippen molar-refractivity contribution in [2.45, 2.75) is 38.6 Å². The monoisotopic (exact) mass is 420 g/mol. The lowest BCUT2D eigenvalue weighted by Crippen LogP contribution is -2.11. The third kappa shape index (κ3) is 3.12. The Hall–Kier alpha value is -3.48. The molecule has 1 atom stereocenters. The summed E-state index contributed by atoms with van der Waals surface area (Å²) in [5.74, 6) is 1.56. The number of methoxy groups -OCH3 is 2. The van der Waals surface area contributed by atoms with Gasteiger partial charge in [-0.15, -0.1) is 0 Å². The predicted octanol–water partition coefficient (Wildman–Crippen LogP) is 3.75. The first kappa shape index (κ1) is 19.5. The average molecular weight is 420 g/mol. The van der Waals surface area contributed by atoms with Gasteiger partial charge in [0.1, 0.15) is 22.8 Å². The normalized spacial score (nSPS) is 17.4. The van der Waals surface area contributed by atoms with E-state index in [2.05, 4.69) is 10.5 Å². The summed E-state index contributed by atoms with van der Waals surface area (Å²) in [5.41, 5.74) is 8.18. The number of hydrogen-bond acceptors (Lipinski definition) is 7.